The molecule has 0 bridgehead atoms. The van der Waals surface area contributed by atoms with E-state index < -0.39 is 10.0 Å². The molecule has 30 heavy (non-hydrogen) atoms. The first-order valence-corrected chi connectivity index (χ1v) is 12.4. The van der Waals surface area contributed by atoms with Crippen LogP contribution in [0.1, 0.15) is 50.2 Å². The van der Waals surface area contributed by atoms with E-state index in [9.17, 15) is 13.2 Å². The van der Waals surface area contributed by atoms with Gasteiger partial charge in [-0.25, -0.2) is 12.7 Å². The van der Waals surface area contributed by atoms with Crippen LogP contribution in [0.3, 0.4) is 0 Å². The highest BCUT2D eigenvalue weighted by molar-refractivity contribution is 7.89. The van der Waals surface area contributed by atoms with Gasteiger partial charge in [-0.3, -0.25) is 4.79 Å². The summed E-state index contributed by atoms with van der Waals surface area (Å²) in [5.41, 5.74) is 3.06. The number of benzene rings is 2. The number of anilines is 1. The van der Waals surface area contributed by atoms with Crippen LogP contribution in [0.15, 0.2) is 54.6 Å². The van der Waals surface area contributed by atoms with Crippen LogP contribution in [0.4, 0.5) is 5.69 Å². The average Bonchev–Trinajstić information content (AvgIpc) is 2.74. The maximum absolute atomic E-state index is 12.9. The van der Waals surface area contributed by atoms with E-state index >= 15 is 0 Å². The van der Waals surface area contributed by atoms with Gasteiger partial charge in [0, 0.05) is 18.8 Å². The molecule has 1 aliphatic heterocycles. The van der Waals surface area contributed by atoms with E-state index in [0.29, 0.717) is 31.7 Å². The van der Waals surface area contributed by atoms with Gasteiger partial charge >= 0.3 is 0 Å². The lowest BCUT2D eigenvalue weighted by Gasteiger charge is -2.31. The van der Waals surface area contributed by atoms with Crippen LogP contribution in [-0.4, -0.2) is 37.5 Å². The number of nitrogens with zero attached hydrogens (tertiary/aromatic N) is 1. The summed E-state index contributed by atoms with van der Waals surface area (Å²) in [6, 6.07) is 17.7. The van der Waals surface area contributed by atoms with Crippen LogP contribution in [0.5, 0.6) is 0 Å². The van der Waals surface area contributed by atoms with Crippen LogP contribution in [0.2, 0.25) is 0 Å². The van der Waals surface area contributed by atoms with Crippen molar-refractivity contribution in [3.05, 3.63) is 65.7 Å². The number of piperidine rings is 1. The number of nitrogens with one attached hydrogen (secondary N) is 1. The Labute approximate surface area is 180 Å². The summed E-state index contributed by atoms with van der Waals surface area (Å²) in [7, 11) is -3.36. The molecule has 1 fully saturated rings. The molecule has 1 heterocycles. The molecule has 162 valence electrons. The zero-order valence-corrected chi connectivity index (χ0v) is 18.7. The third-order valence-corrected chi connectivity index (χ3v) is 7.62. The molecule has 5 nitrogen and oxygen atoms in total. The fourth-order valence-corrected chi connectivity index (χ4v) is 5.57. The summed E-state index contributed by atoms with van der Waals surface area (Å²) in [6.07, 6.45) is 2.75. The average molecular weight is 429 g/mol. The molecular formula is C24H32N2O3S. The molecule has 0 saturated carbocycles. The van der Waals surface area contributed by atoms with Gasteiger partial charge in [0.15, 0.2) is 0 Å². The Morgan fingerprint density at radius 1 is 1.10 bits per heavy atom. The predicted octanol–water partition coefficient (Wildman–Crippen LogP) is 4.42. The van der Waals surface area contributed by atoms with Gasteiger partial charge in [0.2, 0.25) is 15.9 Å². The van der Waals surface area contributed by atoms with Crippen molar-refractivity contribution in [3.63, 3.8) is 0 Å². The maximum atomic E-state index is 12.9. The Balaban J connectivity index is 1.58. The lowest BCUT2D eigenvalue weighted by atomic mass is 9.97. The van der Waals surface area contributed by atoms with Crippen LogP contribution in [0.25, 0.3) is 0 Å². The first-order valence-electron chi connectivity index (χ1n) is 10.8. The number of carbonyl (C=O) groups excluding carboxylic acids is 1. The summed E-state index contributed by atoms with van der Waals surface area (Å²) < 4.78 is 27.2. The molecule has 0 aliphatic carbocycles. The summed E-state index contributed by atoms with van der Waals surface area (Å²) in [6.45, 7) is 4.95. The third-order valence-electron chi connectivity index (χ3n) is 5.70. The second-order valence-electron chi connectivity index (χ2n) is 8.33. The highest BCUT2D eigenvalue weighted by atomic mass is 32.2. The van der Waals surface area contributed by atoms with Gasteiger partial charge < -0.3 is 5.32 Å². The minimum absolute atomic E-state index is 0.0905. The fraction of sp³-hybridized carbons (Fsp3) is 0.458. The zero-order chi connectivity index (χ0) is 21.6. The predicted molar refractivity (Wildman–Crippen MR) is 122 cm³/mol. The molecular weight excluding hydrogens is 396 g/mol. The Hall–Kier alpha value is -2.18. The van der Waals surface area contributed by atoms with Gasteiger partial charge in [-0.1, -0.05) is 62.4 Å². The minimum atomic E-state index is -3.36. The van der Waals surface area contributed by atoms with Crippen molar-refractivity contribution >= 4 is 21.6 Å². The van der Waals surface area contributed by atoms with E-state index in [4.69, 9.17) is 0 Å². The molecule has 1 N–H and O–H groups in total. The van der Waals surface area contributed by atoms with Gasteiger partial charge in [0.05, 0.1) is 11.7 Å². The molecule has 1 atom stereocenters. The molecule has 0 aromatic heterocycles. The number of amides is 1. The number of para-hydroxylation sites is 1. The second kappa shape index (κ2) is 10.2. The lowest BCUT2D eigenvalue weighted by Crippen LogP contribution is -2.44. The number of aryl methyl sites for hydroxylation is 1. The number of hydrogen-bond donors (Lipinski definition) is 1. The summed E-state index contributed by atoms with van der Waals surface area (Å²) in [5, 5.41) is 3.04. The zero-order valence-electron chi connectivity index (χ0n) is 17.9. The highest BCUT2D eigenvalue weighted by Crippen LogP contribution is 2.26. The van der Waals surface area contributed by atoms with Crippen LogP contribution >= 0.6 is 0 Å². The quantitative estimate of drug-likeness (QED) is 0.677. The van der Waals surface area contributed by atoms with Crippen LogP contribution < -0.4 is 5.32 Å². The van der Waals surface area contributed by atoms with Gasteiger partial charge in [-0.05, 0) is 48.8 Å². The summed E-state index contributed by atoms with van der Waals surface area (Å²) >= 11 is 0. The van der Waals surface area contributed by atoms with Crippen molar-refractivity contribution < 1.29 is 13.2 Å². The number of hydrogen-bond acceptors (Lipinski definition) is 3. The molecule has 2 aromatic carbocycles. The first-order chi connectivity index (χ1) is 14.4. The first kappa shape index (κ1) is 22.5. The molecule has 2 aromatic rings. The van der Waals surface area contributed by atoms with Crippen LogP contribution in [-0.2, 0) is 21.2 Å². The molecule has 1 amide bonds. The molecule has 0 unspecified atom stereocenters. The fourth-order valence-electron chi connectivity index (χ4n) is 3.99. The van der Waals surface area contributed by atoms with E-state index in [2.05, 4.69) is 19.2 Å². The SMILES string of the molecule is CC(C)c1ccccc1NC(=O)[C@@H]1CCCN(S(=O)(=O)CCCc2ccccc2)C1. The van der Waals surface area contributed by atoms with Crippen molar-refractivity contribution in [2.24, 2.45) is 5.92 Å². The van der Waals surface area contributed by atoms with E-state index in [0.717, 1.165) is 23.2 Å². The molecule has 0 radical (unpaired) electrons. The normalized spacial score (nSPS) is 17.8. The third kappa shape index (κ3) is 5.92. The number of rotatable bonds is 8. The minimum Gasteiger partial charge on any atom is -0.326 e. The van der Waals surface area contributed by atoms with Gasteiger partial charge in [-0.2, -0.15) is 0 Å². The Bertz CT molecular complexity index is 942. The molecule has 6 heteroatoms. The standard InChI is InChI=1S/C24H32N2O3S/c1-19(2)22-14-6-7-15-23(22)25-24(27)21-13-8-16-26(18-21)30(28,29)17-9-12-20-10-4-3-5-11-20/h3-7,10-11,14-15,19,21H,8-9,12-13,16-18H2,1-2H3,(H,25,27)/t21-/m1/s1. The van der Waals surface area contributed by atoms with Gasteiger partial charge in [0.1, 0.15) is 0 Å². The summed E-state index contributed by atoms with van der Waals surface area (Å²) in [4.78, 5) is 12.9. The smallest absolute Gasteiger partial charge is 0.228 e. The monoisotopic (exact) mass is 428 g/mol. The Morgan fingerprint density at radius 2 is 1.80 bits per heavy atom. The summed E-state index contributed by atoms with van der Waals surface area (Å²) in [5.74, 6) is 0.0105. The van der Waals surface area contributed by atoms with E-state index in [-0.39, 0.29) is 24.1 Å². The molecule has 1 saturated heterocycles. The maximum Gasteiger partial charge on any atom is 0.228 e. The van der Waals surface area contributed by atoms with E-state index in [1.807, 2.05) is 54.6 Å². The van der Waals surface area contributed by atoms with Gasteiger partial charge in [-0.15, -0.1) is 0 Å². The molecule has 0 spiro atoms. The van der Waals surface area contributed by atoms with Crippen molar-refractivity contribution in [2.45, 2.75) is 45.4 Å². The van der Waals surface area contributed by atoms with Crippen molar-refractivity contribution in [1.82, 2.24) is 4.31 Å². The lowest BCUT2D eigenvalue weighted by molar-refractivity contribution is -0.120. The van der Waals surface area contributed by atoms with E-state index in [1.54, 1.807) is 0 Å². The van der Waals surface area contributed by atoms with Crippen molar-refractivity contribution in [1.29, 1.82) is 0 Å². The largest absolute Gasteiger partial charge is 0.326 e. The molecule has 1 aliphatic rings. The Kier molecular flexibility index (Phi) is 7.67. The second-order valence-corrected chi connectivity index (χ2v) is 10.4. The molecule has 3 rings (SSSR count). The van der Waals surface area contributed by atoms with Gasteiger partial charge in [0.25, 0.3) is 0 Å². The van der Waals surface area contributed by atoms with Crippen molar-refractivity contribution in [3.8, 4) is 0 Å². The Morgan fingerprint density at radius 3 is 2.53 bits per heavy atom. The highest BCUT2D eigenvalue weighted by Gasteiger charge is 2.32. The number of carbonyl (C=O) groups is 1. The topological polar surface area (TPSA) is 66.5 Å². The van der Waals surface area contributed by atoms with Crippen molar-refractivity contribution in [2.75, 3.05) is 24.2 Å². The van der Waals surface area contributed by atoms with E-state index in [1.165, 1.54) is 4.31 Å². The van der Waals surface area contributed by atoms with Crippen LogP contribution in [0, 0.1) is 5.92 Å². The number of sulfonamides is 1.